The zero-order chi connectivity index (χ0) is 25.4. The molecule has 1 aliphatic heterocycles. The van der Waals surface area contributed by atoms with E-state index in [0.29, 0.717) is 44.2 Å². The number of anilines is 1. The topological polar surface area (TPSA) is 96.5 Å². The van der Waals surface area contributed by atoms with Gasteiger partial charge in [-0.15, -0.1) is 11.8 Å². The van der Waals surface area contributed by atoms with E-state index in [0.717, 1.165) is 9.20 Å². The highest BCUT2D eigenvalue weighted by Crippen LogP contribution is 2.33. The average Bonchev–Trinajstić information content (AvgIpc) is 2.88. The first-order valence-corrected chi connectivity index (χ1v) is 14.1. The van der Waals surface area contributed by atoms with E-state index >= 15 is 0 Å². The molecule has 35 heavy (non-hydrogen) atoms. The predicted octanol–water partition coefficient (Wildman–Crippen LogP) is 3.30. The Balaban J connectivity index is 1.88. The van der Waals surface area contributed by atoms with Gasteiger partial charge in [0, 0.05) is 31.1 Å². The number of hydrogen-bond acceptors (Lipinski definition) is 7. The lowest BCUT2D eigenvalue weighted by atomic mass is 10.2. The predicted molar refractivity (Wildman–Crippen MR) is 136 cm³/mol. The van der Waals surface area contributed by atoms with E-state index in [1.165, 1.54) is 11.8 Å². The van der Waals surface area contributed by atoms with E-state index in [1.807, 2.05) is 13.2 Å². The monoisotopic (exact) mass is 521 g/mol. The van der Waals surface area contributed by atoms with Crippen molar-refractivity contribution in [3.63, 3.8) is 0 Å². The van der Waals surface area contributed by atoms with Gasteiger partial charge in [0.25, 0.3) is 10.0 Å². The van der Waals surface area contributed by atoms with Gasteiger partial charge in [-0.3, -0.25) is 9.10 Å². The van der Waals surface area contributed by atoms with Crippen molar-refractivity contribution in [2.75, 3.05) is 56.5 Å². The number of carbonyl (C=O) groups is 2. The summed E-state index contributed by atoms with van der Waals surface area (Å²) < 4.78 is 39.3. The van der Waals surface area contributed by atoms with Gasteiger partial charge >= 0.3 is 6.09 Å². The van der Waals surface area contributed by atoms with Crippen LogP contribution in [0.15, 0.2) is 58.3 Å². The van der Waals surface area contributed by atoms with Crippen molar-refractivity contribution in [3.8, 4) is 5.75 Å². The maximum Gasteiger partial charge on any atom is 0.409 e. The molecule has 2 aromatic rings. The second-order valence-corrected chi connectivity index (χ2v) is 10.4. The van der Waals surface area contributed by atoms with Crippen LogP contribution < -0.4 is 9.04 Å². The van der Waals surface area contributed by atoms with E-state index in [-0.39, 0.29) is 17.4 Å². The summed E-state index contributed by atoms with van der Waals surface area (Å²) in [6.07, 6.45) is 1.50. The second kappa shape index (κ2) is 12.2. The molecule has 0 atom stereocenters. The highest BCUT2D eigenvalue weighted by Gasteiger charge is 2.32. The van der Waals surface area contributed by atoms with Crippen molar-refractivity contribution >= 4 is 39.5 Å². The summed E-state index contributed by atoms with van der Waals surface area (Å²) in [6, 6.07) is 13.3. The number of para-hydroxylation sites is 2. The summed E-state index contributed by atoms with van der Waals surface area (Å²) in [5.74, 6) is 0.0170. The highest BCUT2D eigenvalue weighted by atomic mass is 32.2. The molecule has 0 saturated carbocycles. The Hall–Kier alpha value is -2.92. The maximum atomic E-state index is 13.7. The fraction of sp³-hybridized carbons (Fsp3) is 0.417. The Labute approximate surface area is 211 Å². The second-order valence-electron chi connectivity index (χ2n) is 7.65. The highest BCUT2D eigenvalue weighted by molar-refractivity contribution is 7.98. The van der Waals surface area contributed by atoms with Crippen LogP contribution in [-0.4, -0.2) is 82.4 Å². The maximum absolute atomic E-state index is 13.7. The molecule has 11 heteroatoms. The number of thioether (sulfide) groups is 1. The third-order valence-corrected chi connectivity index (χ3v) is 8.04. The van der Waals surface area contributed by atoms with E-state index in [4.69, 9.17) is 9.47 Å². The fourth-order valence-corrected chi connectivity index (χ4v) is 5.52. The quantitative estimate of drug-likeness (QED) is 0.467. The van der Waals surface area contributed by atoms with Gasteiger partial charge in [-0.05, 0) is 56.5 Å². The minimum absolute atomic E-state index is 0.0848. The van der Waals surface area contributed by atoms with Gasteiger partial charge in [-0.25, -0.2) is 13.2 Å². The molecular weight excluding hydrogens is 490 g/mol. The van der Waals surface area contributed by atoms with E-state index in [1.54, 1.807) is 65.3 Å². The smallest absolute Gasteiger partial charge is 0.409 e. The first kappa shape index (κ1) is 26.7. The van der Waals surface area contributed by atoms with Crippen LogP contribution in [0.25, 0.3) is 0 Å². The summed E-state index contributed by atoms with van der Waals surface area (Å²) in [7, 11) is -4.07. The summed E-state index contributed by atoms with van der Waals surface area (Å²) in [6.45, 7) is 5.01. The number of rotatable bonds is 9. The molecule has 1 aliphatic rings. The van der Waals surface area contributed by atoms with Crippen molar-refractivity contribution in [1.82, 2.24) is 9.80 Å². The number of benzene rings is 2. The Kier molecular flexibility index (Phi) is 9.27. The van der Waals surface area contributed by atoms with Crippen molar-refractivity contribution in [2.45, 2.75) is 23.6 Å². The molecule has 0 N–H and O–H groups in total. The van der Waals surface area contributed by atoms with Crippen molar-refractivity contribution in [2.24, 2.45) is 0 Å². The number of carbonyl (C=O) groups excluding carboxylic acids is 2. The summed E-state index contributed by atoms with van der Waals surface area (Å²) >= 11 is 1.51. The number of sulfonamides is 1. The normalized spacial score (nSPS) is 13.9. The van der Waals surface area contributed by atoms with E-state index in [2.05, 4.69) is 0 Å². The SMILES string of the molecule is CCOC(=O)N1CCN(C(=O)CN(c2ccccc2OCC)S(=O)(=O)c2ccc(SC)cc2)CC1. The summed E-state index contributed by atoms with van der Waals surface area (Å²) in [5.41, 5.74) is 0.293. The van der Waals surface area contributed by atoms with Gasteiger partial charge in [0.05, 0.1) is 23.8 Å². The minimum Gasteiger partial charge on any atom is -0.492 e. The van der Waals surface area contributed by atoms with Gasteiger partial charge in [-0.1, -0.05) is 12.1 Å². The molecule has 0 radical (unpaired) electrons. The summed E-state index contributed by atoms with van der Waals surface area (Å²) in [4.78, 5) is 29.4. The molecule has 190 valence electrons. The van der Waals surface area contributed by atoms with Gasteiger partial charge in [-0.2, -0.15) is 0 Å². The Morgan fingerprint density at radius 3 is 2.17 bits per heavy atom. The third-order valence-electron chi connectivity index (χ3n) is 5.52. The number of hydrogen-bond donors (Lipinski definition) is 0. The Morgan fingerprint density at radius 2 is 1.57 bits per heavy atom. The van der Waals surface area contributed by atoms with Gasteiger partial charge in [0.2, 0.25) is 5.91 Å². The van der Waals surface area contributed by atoms with Crippen LogP contribution in [0.1, 0.15) is 13.8 Å². The number of ether oxygens (including phenoxy) is 2. The van der Waals surface area contributed by atoms with Crippen LogP contribution in [0.5, 0.6) is 5.75 Å². The van der Waals surface area contributed by atoms with Crippen LogP contribution in [-0.2, 0) is 19.6 Å². The molecule has 2 amide bonds. The van der Waals surface area contributed by atoms with Crippen LogP contribution in [0.4, 0.5) is 10.5 Å². The van der Waals surface area contributed by atoms with E-state index < -0.39 is 22.7 Å². The fourth-order valence-electron chi connectivity index (χ4n) is 3.69. The first-order valence-electron chi connectivity index (χ1n) is 11.4. The molecule has 0 aromatic heterocycles. The Morgan fingerprint density at radius 1 is 0.943 bits per heavy atom. The standard InChI is InChI=1S/C24H31N3O6S2/c1-4-32-22-9-7-6-8-21(22)27(35(30,31)20-12-10-19(34-3)11-13-20)18-23(28)25-14-16-26(17-15-25)24(29)33-5-2/h6-13H,4-5,14-18H2,1-3H3. The van der Waals surface area contributed by atoms with Gasteiger partial charge in [0.15, 0.2) is 0 Å². The van der Waals surface area contributed by atoms with Crippen LogP contribution in [0.3, 0.4) is 0 Å². The number of amides is 2. The summed E-state index contributed by atoms with van der Waals surface area (Å²) in [5, 5.41) is 0. The van der Waals surface area contributed by atoms with E-state index in [9.17, 15) is 18.0 Å². The van der Waals surface area contributed by atoms with Crippen molar-refractivity contribution < 1.29 is 27.5 Å². The molecule has 0 aliphatic carbocycles. The van der Waals surface area contributed by atoms with Crippen LogP contribution in [0, 0.1) is 0 Å². The molecule has 1 fully saturated rings. The molecule has 3 rings (SSSR count). The van der Waals surface area contributed by atoms with Gasteiger partial charge < -0.3 is 19.3 Å². The van der Waals surface area contributed by atoms with Crippen LogP contribution >= 0.6 is 11.8 Å². The van der Waals surface area contributed by atoms with Crippen LogP contribution in [0.2, 0.25) is 0 Å². The molecule has 9 nitrogen and oxygen atoms in total. The first-order chi connectivity index (χ1) is 16.8. The molecule has 0 bridgehead atoms. The molecule has 1 saturated heterocycles. The average molecular weight is 522 g/mol. The van der Waals surface area contributed by atoms with Crippen molar-refractivity contribution in [1.29, 1.82) is 0 Å². The lowest BCUT2D eigenvalue weighted by molar-refractivity contribution is -0.131. The third kappa shape index (κ3) is 6.40. The number of piperazine rings is 1. The van der Waals surface area contributed by atoms with Crippen molar-refractivity contribution in [3.05, 3.63) is 48.5 Å². The lowest BCUT2D eigenvalue weighted by Crippen LogP contribution is -2.53. The molecule has 1 heterocycles. The zero-order valence-electron chi connectivity index (χ0n) is 20.2. The largest absolute Gasteiger partial charge is 0.492 e. The Bertz CT molecular complexity index is 1120. The lowest BCUT2D eigenvalue weighted by Gasteiger charge is -2.35. The number of nitrogens with zero attached hydrogens (tertiary/aromatic N) is 3. The molecule has 2 aromatic carbocycles. The molecular formula is C24H31N3O6S2. The zero-order valence-corrected chi connectivity index (χ0v) is 21.8. The molecule has 0 unspecified atom stereocenters. The minimum atomic E-state index is -4.07. The molecule has 0 spiro atoms. The van der Waals surface area contributed by atoms with Gasteiger partial charge in [0.1, 0.15) is 12.3 Å².